The number of carbonyl (C=O) groups excluding carboxylic acids is 2. The standard InChI is InChI=1S/C28H32N4O6S/c1-20(2)22-7-11-24(12-8-22)32(39(4,35)36)18-27(33)31-29-17-21-5-13-26(14-6-21)38-19-28(34)30-23-9-15-25(37-3)16-10-23/h5-17,20H,18-19H2,1-4H3,(H,30,34)(H,31,33)/b29-17-. The first-order valence-electron chi connectivity index (χ1n) is 12.1. The van der Waals surface area contributed by atoms with Gasteiger partial charge in [0.1, 0.15) is 18.0 Å². The van der Waals surface area contributed by atoms with Crippen LogP contribution in [-0.2, 0) is 19.6 Å². The van der Waals surface area contributed by atoms with Gasteiger partial charge in [-0.3, -0.25) is 13.9 Å². The predicted octanol–water partition coefficient (Wildman–Crippen LogP) is 3.75. The van der Waals surface area contributed by atoms with Gasteiger partial charge in [-0.15, -0.1) is 0 Å². The van der Waals surface area contributed by atoms with Gasteiger partial charge in [0.25, 0.3) is 11.8 Å². The van der Waals surface area contributed by atoms with Crippen molar-refractivity contribution in [2.24, 2.45) is 5.10 Å². The van der Waals surface area contributed by atoms with Crippen molar-refractivity contribution < 1.29 is 27.5 Å². The lowest BCUT2D eigenvalue weighted by Crippen LogP contribution is -2.39. The van der Waals surface area contributed by atoms with Crippen molar-refractivity contribution in [3.8, 4) is 11.5 Å². The molecule has 0 atom stereocenters. The number of nitrogens with zero attached hydrogens (tertiary/aromatic N) is 2. The Bertz CT molecular complexity index is 1390. The highest BCUT2D eigenvalue weighted by Crippen LogP contribution is 2.22. The molecule has 2 N–H and O–H groups in total. The van der Waals surface area contributed by atoms with Gasteiger partial charge >= 0.3 is 0 Å². The van der Waals surface area contributed by atoms with E-state index >= 15 is 0 Å². The van der Waals surface area contributed by atoms with Crippen molar-refractivity contribution in [1.29, 1.82) is 0 Å². The third-order valence-corrected chi connectivity index (χ3v) is 6.70. The van der Waals surface area contributed by atoms with E-state index in [1.807, 2.05) is 26.0 Å². The van der Waals surface area contributed by atoms with E-state index in [0.717, 1.165) is 16.1 Å². The Hall–Kier alpha value is -4.38. The zero-order valence-corrected chi connectivity index (χ0v) is 23.1. The molecule has 0 aliphatic carbocycles. The molecule has 0 heterocycles. The fraction of sp³-hybridized carbons (Fsp3) is 0.250. The summed E-state index contributed by atoms with van der Waals surface area (Å²) >= 11 is 0. The van der Waals surface area contributed by atoms with Crippen LogP contribution in [0.2, 0.25) is 0 Å². The zero-order valence-electron chi connectivity index (χ0n) is 22.2. The van der Waals surface area contributed by atoms with Gasteiger partial charge in [-0.05, 0) is 77.7 Å². The molecule has 0 bridgehead atoms. The average Bonchev–Trinajstić information content (AvgIpc) is 2.91. The summed E-state index contributed by atoms with van der Waals surface area (Å²) in [5.74, 6) is 0.567. The second-order valence-electron chi connectivity index (χ2n) is 8.94. The van der Waals surface area contributed by atoms with Crippen LogP contribution in [0.4, 0.5) is 11.4 Å². The van der Waals surface area contributed by atoms with Crippen LogP contribution in [0.1, 0.15) is 30.9 Å². The van der Waals surface area contributed by atoms with Gasteiger partial charge in [0.2, 0.25) is 10.0 Å². The number of rotatable bonds is 12. The predicted molar refractivity (Wildman–Crippen MR) is 152 cm³/mol. The minimum atomic E-state index is -3.69. The summed E-state index contributed by atoms with van der Waals surface area (Å²) in [4.78, 5) is 24.5. The average molecular weight is 553 g/mol. The van der Waals surface area contributed by atoms with Gasteiger partial charge in [0.15, 0.2) is 6.61 Å². The van der Waals surface area contributed by atoms with E-state index < -0.39 is 22.5 Å². The number of hydrazone groups is 1. The second kappa shape index (κ2) is 13.4. The molecule has 0 saturated carbocycles. The molecule has 0 saturated heterocycles. The molecule has 0 radical (unpaired) electrons. The van der Waals surface area contributed by atoms with Crippen LogP contribution >= 0.6 is 0 Å². The fourth-order valence-electron chi connectivity index (χ4n) is 3.44. The first kappa shape index (κ1) is 29.2. The number of carbonyl (C=O) groups is 2. The highest BCUT2D eigenvalue weighted by Gasteiger charge is 2.20. The van der Waals surface area contributed by atoms with Gasteiger partial charge in [-0.1, -0.05) is 26.0 Å². The summed E-state index contributed by atoms with van der Waals surface area (Å²) in [7, 11) is -2.12. The second-order valence-corrected chi connectivity index (χ2v) is 10.9. The van der Waals surface area contributed by atoms with E-state index in [1.165, 1.54) is 6.21 Å². The van der Waals surface area contributed by atoms with Crippen molar-refractivity contribution in [3.63, 3.8) is 0 Å². The smallest absolute Gasteiger partial charge is 0.262 e. The molecule has 3 aromatic rings. The van der Waals surface area contributed by atoms with E-state index in [4.69, 9.17) is 9.47 Å². The van der Waals surface area contributed by atoms with Gasteiger partial charge in [-0.2, -0.15) is 5.10 Å². The molecule has 3 aromatic carbocycles. The molecule has 206 valence electrons. The molecule has 11 heteroatoms. The number of hydrogen-bond acceptors (Lipinski definition) is 7. The number of nitrogens with one attached hydrogen (secondary N) is 2. The van der Waals surface area contributed by atoms with Crippen LogP contribution in [0.25, 0.3) is 0 Å². The quantitative estimate of drug-likeness (QED) is 0.260. The van der Waals surface area contributed by atoms with Gasteiger partial charge in [0, 0.05) is 5.69 Å². The summed E-state index contributed by atoms with van der Waals surface area (Å²) < 4.78 is 36.2. The lowest BCUT2D eigenvalue weighted by Gasteiger charge is -2.21. The molecule has 0 aromatic heterocycles. The number of anilines is 2. The van der Waals surface area contributed by atoms with Crippen LogP contribution in [0.5, 0.6) is 11.5 Å². The number of amides is 2. The van der Waals surface area contributed by atoms with Crippen LogP contribution in [0.15, 0.2) is 77.9 Å². The molecule has 0 spiro atoms. The minimum Gasteiger partial charge on any atom is -0.497 e. The molecule has 0 aliphatic heterocycles. The lowest BCUT2D eigenvalue weighted by molar-refractivity contribution is -0.119. The minimum absolute atomic E-state index is 0.174. The number of hydrogen-bond donors (Lipinski definition) is 2. The monoisotopic (exact) mass is 552 g/mol. The van der Waals surface area contributed by atoms with Crippen molar-refractivity contribution >= 4 is 39.4 Å². The van der Waals surface area contributed by atoms with Crippen molar-refractivity contribution in [3.05, 3.63) is 83.9 Å². The Labute approximate surface area is 228 Å². The Balaban J connectivity index is 1.49. The molecule has 39 heavy (non-hydrogen) atoms. The number of ether oxygens (including phenoxy) is 2. The number of methoxy groups -OCH3 is 1. The Morgan fingerprint density at radius 2 is 1.54 bits per heavy atom. The van der Waals surface area contributed by atoms with Crippen molar-refractivity contribution in [2.45, 2.75) is 19.8 Å². The molecule has 10 nitrogen and oxygen atoms in total. The first-order valence-corrected chi connectivity index (χ1v) is 14.0. The summed E-state index contributed by atoms with van der Waals surface area (Å²) in [6.45, 7) is 3.49. The van der Waals surface area contributed by atoms with Gasteiger partial charge in [0.05, 0.1) is 25.3 Å². The SMILES string of the molecule is COc1ccc(NC(=O)COc2ccc(/C=N\NC(=O)CN(c3ccc(C(C)C)cc3)S(C)(=O)=O)cc2)cc1. The zero-order chi connectivity index (χ0) is 28.4. The lowest BCUT2D eigenvalue weighted by atomic mass is 10.0. The van der Waals surface area contributed by atoms with E-state index in [1.54, 1.807) is 67.8 Å². The maximum atomic E-state index is 12.4. The first-order chi connectivity index (χ1) is 18.5. The third-order valence-electron chi connectivity index (χ3n) is 5.56. The van der Waals surface area contributed by atoms with Crippen molar-refractivity contribution in [2.75, 3.05) is 36.1 Å². The Kier molecular flexibility index (Phi) is 10.0. The van der Waals surface area contributed by atoms with E-state index in [9.17, 15) is 18.0 Å². The maximum absolute atomic E-state index is 12.4. The van der Waals surface area contributed by atoms with Crippen LogP contribution in [0, 0.1) is 0 Å². The van der Waals surface area contributed by atoms with Crippen LogP contribution in [0.3, 0.4) is 0 Å². The Morgan fingerprint density at radius 3 is 2.10 bits per heavy atom. The maximum Gasteiger partial charge on any atom is 0.262 e. The van der Waals surface area contributed by atoms with E-state index in [-0.39, 0.29) is 12.5 Å². The molecule has 3 rings (SSSR count). The van der Waals surface area contributed by atoms with Gasteiger partial charge in [-0.25, -0.2) is 13.8 Å². The topological polar surface area (TPSA) is 126 Å². The third kappa shape index (κ3) is 9.15. The van der Waals surface area contributed by atoms with Crippen molar-refractivity contribution in [1.82, 2.24) is 5.43 Å². The summed E-state index contributed by atoms with van der Waals surface area (Å²) in [5, 5.41) is 6.64. The highest BCUT2D eigenvalue weighted by atomic mass is 32.2. The largest absolute Gasteiger partial charge is 0.497 e. The van der Waals surface area contributed by atoms with E-state index in [2.05, 4.69) is 15.8 Å². The summed E-state index contributed by atoms with van der Waals surface area (Å²) in [5.41, 5.74) is 5.10. The molecule has 0 aliphatic rings. The fourth-order valence-corrected chi connectivity index (χ4v) is 4.30. The highest BCUT2D eigenvalue weighted by molar-refractivity contribution is 7.92. The van der Waals surface area contributed by atoms with Gasteiger partial charge < -0.3 is 14.8 Å². The molecule has 0 unspecified atom stereocenters. The number of sulfonamides is 1. The molecular formula is C28H32N4O6S. The molecule has 2 amide bonds. The summed E-state index contributed by atoms with van der Waals surface area (Å²) in [6.07, 6.45) is 2.46. The normalized spacial score (nSPS) is 11.3. The Morgan fingerprint density at radius 1 is 0.923 bits per heavy atom. The number of benzene rings is 3. The van der Waals surface area contributed by atoms with Crippen LogP contribution < -0.4 is 24.5 Å². The van der Waals surface area contributed by atoms with Crippen LogP contribution in [-0.4, -0.2) is 53.0 Å². The molecule has 0 fully saturated rings. The summed E-state index contributed by atoms with van der Waals surface area (Å²) in [6, 6.07) is 20.7. The van der Waals surface area contributed by atoms with E-state index in [0.29, 0.717) is 34.4 Å². The molecular weight excluding hydrogens is 520 g/mol.